The second kappa shape index (κ2) is 4.39. The van der Waals surface area contributed by atoms with Crippen LogP contribution in [0.4, 0.5) is 4.39 Å². The van der Waals surface area contributed by atoms with Crippen molar-refractivity contribution in [1.82, 2.24) is 0 Å². The maximum atomic E-state index is 12.9. The standard InChI is InChI=1S/C15H11FO3/c16-11-3-1-9(2-4-11)15-13(18)8-10-7-12(17)5-6-14(10)19-15/h1-7,15,17H,8H2. The molecule has 0 aliphatic carbocycles. The number of hydrogen-bond donors (Lipinski definition) is 1. The van der Waals surface area contributed by atoms with Gasteiger partial charge in [0.05, 0.1) is 0 Å². The molecule has 1 aliphatic rings. The van der Waals surface area contributed by atoms with Crippen LogP contribution in [-0.4, -0.2) is 10.9 Å². The van der Waals surface area contributed by atoms with Crippen LogP contribution in [0.2, 0.25) is 0 Å². The number of ether oxygens (including phenoxy) is 1. The van der Waals surface area contributed by atoms with Crippen molar-refractivity contribution in [3.8, 4) is 11.5 Å². The van der Waals surface area contributed by atoms with Crippen LogP contribution in [0.15, 0.2) is 42.5 Å². The first-order valence-electron chi connectivity index (χ1n) is 5.90. The van der Waals surface area contributed by atoms with Crippen molar-refractivity contribution < 1.29 is 19.0 Å². The predicted octanol–water partition coefficient (Wildman–Crippen LogP) is 2.78. The smallest absolute Gasteiger partial charge is 0.182 e. The lowest BCUT2D eigenvalue weighted by Gasteiger charge is -2.25. The SMILES string of the molecule is O=C1Cc2cc(O)ccc2OC1c1ccc(F)cc1. The van der Waals surface area contributed by atoms with Crippen LogP contribution in [0.3, 0.4) is 0 Å². The summed E-state index contributed by atoms with van der Waals surface area (Å²) < 4.78 is 18.5. The number of fused-ring (bicyclic) bond motifs is 1. The molecule has 3 rings (SSSR count). The molecule has 1 heterocycles. The highest BCUT2D eigenvalue weighted by Gasteiger charge is 2.29. The fraction of sp³-hybridized carbons (Fsp3) is 0.133. The fourth-order valence-electron chi connectivity index (χ4n) is 2.18. The third-order valence-corrected chi connectivity index (χ3v) is 3.12. The summed E-state index contributed by atoms with van der Waals surface area (Å²) in [5.74, 6) is 0.226. The summed E-state index contributed by atoms with van der Waals surface area (Å²) in [5, 5.41) is 9.38. The van der Waals surface area contributed by atoms with Gasteiger partial charge in [-0.15, -0.1) is 0 Å². The molecule has 0 fully saturated rings. The lowest BCUT2D eigenvalue weighted by molar-refractivity contribution is -0.126. The van der Waals surface area contributed by atoms with Crippen molar-refractivity contribution in [2.45, 2.75) is 12.5 Å². The summed E-state index contributed by atoms with van der Waals surface area (Å²) >= 11 is 0. The van der Waals surface area contributed by atoms with E-state index in [1.807, 2.05) is 0 Å². The number of benzene rings is 2. The molecule has 0 saturated heterocycles. The molecule has 19 heavy (non-hydrogen) atoms. The summed E-state index contributed by atoms with van der Waals surface area (Å²) in [6.07, 6.45) is -0.510. The predicted molar refractivity (Wildman–Crippen MR) is 66.6 cm³/mol. The third kappa shape index (κ3) is 2.17. The zero-order valence-corrected chi connectivity index (χ0v) is 9.97. The van der Waals surface area contributed by atoms with E-state index in [1.165, 1.54) is 24.3 Å². The van der Waals surface area contributed by atoms with Crippen LogP contribution in [0.5, 0.6) is 11.5 Å². The molecule has 96 valence electrons. The topological polar surface area (TPSA) is 46.5 Å². The number of rotatable bonds is 1. The van der Waals surface area contributed by atoms with E-state index in [9.17, 15) is 14.3 Å². The molecule has 0 spiro atoms. The molecule has 4 heteroatoms. The number of Topliss-reactive ketones (excluding diaryl/α,β-unsaturated/α-hetero) is 1. The van der Waals surface area contributed by atoms with Gasteiger partial charge in [-0.2, -0.15) is 0 Å². The Morgan fingerprint density at radius 2 is 1.89 bits per heavy atom. The number of halogens is 1. The number of hydrogen-bond acceptors (Lipinski definition) is 3. The van der Waals surface area contributed by atoms with Gasteiger partial charge in [0.15, 0.2) is 11.9 Å². The van der Waals surface area contributed by atoms with Gasteiger partial charge in [-0.05, 0) is 30.3 Å². The van der Waals surface area contributed by atoms with Crippen molar-refractivity contribution in [1.29, 1.82) is 0 Å². The first-order chi connectivity index (χ1) is 9.13. The first-order valence-corrected chi connectivity index (χ1v) is 5.90. The number of phenols is 1. The maximum absolute atomic E-state index is 12.9. The van der Waals surface area contributed by atoms with Gasteiger partial charge < -0.3 is 9.84 Å². The van der Waals surface area contributed by atoms with Crippen LogP contribution < -0.4 is 4.74 Å². The van der Waals surface area contributed by atoms with E-state index in [4.69, 9.17) is 4.74 Å². The zero-order valence-electron chi connectivity index (χ0n) is 9.97. The lowest BCUT2D eigenvalue weighted by atomic mass is 9.96. The van der Waals surface area contributed by atoms with Crippen LogP contribution in [-0.2, 0) is 11.2 Å². The minimum Gasteiger partial charge on any atom is -0.508 e. The molecule has 2 aromatic carbocycles. The average Bonchev–Trinajstić information content (AvgIpc) is 2.39. The average molecular weight is 258 g/mol. The second-order valence-electron chi connectivity index (χ2n) is 4.48. The first kappa shape index (κ1) is 11.7. The summed E-state index contributed by atoms with van der Waals surface area (Å²) in [4.78, 5) is 12.1. The largest absolute Gasteiger partial charge is 0.508 e. The van der Waals surface area contributed by atoms with Crippen molar-refractivity contribution in [3.05, 3.63) is 59.4 Å². The Hall–Kier alpha value is -2.36. The quantitative estimate of drug-likeness (QED) is 0.855. The Bertz CT molecular complexity index is 634. The summed E-state index contributed by atoms with van der Waals surface area (Å²) in [6, 6.07) is 10.4. The van der Waals surface area contributed by atoms with E-state index in [1.54, 1.807) is 18.2 Å². The van der Waals surface area contributed by atoms with E-state index in [0.717, 1.165) is 0 Å². The molecule has 2 aromatic rings. The van der Waals surface area contributed by atoms with Gasteiger partial charge in [-0.1, -0.05) is 12.1 Å². The van der Waals surface area contributed by atoms with Gasteiger partial charge >= 0.3 is 0 Å². The van der Waals surface area contributed by atoms with Crippen molar-refractivity contribution >= 4 is 5.78 Å². The molecule has 0 aromatic heterocycles. The molecular weight excluding hydrogens is 247 g/mol. The van der Waals surface area contributed by atoms with Crippen LogP contribution in [0.1, 0.15) is 17.2 Å². The Morgan fingerprint density at radius 3 is 2.63 bits per heavy atom. The molecule has 0 amide bonds. The van der Waals surface area contributed by atoms with E-state index < -0.39 is 6.10 Å². The Balaban J connectivity index is 1.95. The molecule has 3 nitrogen and oxygen atoms in total. The van der Waals surface area contributed by atoms with Crippen LogP contribution >= 0.6 is 0 Å². The number of carbonyl (C=O) groups excluding carboxylic acids is 1. The second-order valence-corrected chi connectivity index (χ2v) is 4.48. The van der Waals surface area contributed by atoms with Gasteiger partial charge in [0, 0.05) is 17.5 Å². The van der Waals surface area contributed by atoms with E-state index in [2.05, 4.69) is 0 Å². The van der Waals surface area contributed by atoms with Gasteiger partial charge in [-0.3, -0.25) is 4.79 Å². The van der Waals surface area contributed by atoms with Crippen molar-refractivity contribution in [2.24, 2.45) is 0 Å². The lowest BCUT2D eigenvalue weighted by Crippen LogP contribution is -2.25. The Kier molecular flexibility index (Phi) is 2.71. The monoisotopic (exact) mass is 258 g/mol. The van der Waals surface area contributed by atoms with Gasteiger partial charge in [-0.25, -0.2) is 4.39 Å². The van der Waals surface area contributed by atoms with Crippen molar-refractivity contribution in [3.63, 3.8) is 0 Å². The zero-order chi connectivity index (χ0) is 13.4. The number of carbonyl (C=O) groups is 1. The maximum Gasteiger partial charge on any atom is 0.182 e. The van der Waals surface area contributed by atoms with E-state index >= 15 is 0 Å². The van der Waals surface area contributed by atoms with Crippen LogP contribution in [0, 0.1) is 5.82 Å². The van der Waals surface area contributed by atoms with Gasteiger partial charge in [0.25, 0.3) is 0 Å². The molecule has 1 N–H and O–H groups in total. The highest BCUT2D eigenvalue weighted by Crippen LogP contribution is 2.34. The summed E-state index contributed by atoms with van der Waals surface area (Å²) in [7, 11) is 0. The molecule has 1 atom stereocenters. The molecule has 0 bridgehead atoms. The molecule has 0 radical (unpaired) electrons. The van der Waals surface area contributed by atoms with E-state index in [-0.39, 0.29) is 23.8 Å². The molecule has 1 aliphatic heterocycles. The fourth-order valence-corrected chi connectivity index (χ4v) is 2.18. The Labute approximate surface area is 109 Å². The third-order valence-electron chi connectivity index (χ3n) is 3.12. The highest BCUT2D eigenvalue weighted by atomic mass is 19.1. The normalized spacial score (nSPS) is 17.7. The van der Waals surface area contributed by atoms with E-state index in [0.29, 0.717) is 16.9 Å². The van der Waals surface area contributed by atoms with Crippen molar-refractivity contribution in [2.75, 3.05) is 0 Å². The summed E-state index contributed by atoms with van der Waals surface area (Å²) in [5.41, 5.74) is 1.30. The van der Waals surface area contributed by atoms with Crippen LogP contribution in [0.25, 0.3) is 0 Å². The minimum absolute atomic E-state index is 0.107. The number of ketones is 1. The van der Waals surface area contributed by atoms with Gasteiger partial charge in [0.1, 0.15) is 17.3 Å². The molecular formula is C15H11FO3. The minimum atomic E-state index is -0.711. The highest BCUT2D eigenvalue weighted by molar-refractivity contribution is 5.88. The van der Waals surface area contributed by atoms with Gasteiger partial charge in [0.2, 0.25) is 0 Å². The summed E-state index contributed by atoms with van der Waals surface area (Å²) in [6.45, 7) is 0. The number of phenolic OH excluding ortho intramolecular Hbond substituents is 1. The molecule has 1 unspecified atom stereocenters. The molecule has 0 saturated carbocycles. The number of aromatic hydroxyl groups is 1. The Morgan fingerprint density at radius 1 is 1.16 bits per heavy atom.